The highest BCUT2D eigenvalue weighted by Gasteiger charge is 2.20. The van der Waals surface area contributed by atoms with Gasteiger partial charge in [0.25, 0.3) is 0 Å². The molecule has 1 unspecified atom stereocenters. The molecule has 1 aromatic carbocycles. The van der Waals surface area contributed by atoms with Crippen LogP contribution in [0.4, 0.5) is 13.2 Å². The van der Waals surface area contributed by atoms with Crippen molar-refractivity contribution >= 4 is 27.5 Å². The molecule has 0 spiro atoms. The maximum Gasteiger partial charge on any atom is 0.311 e. The van der Waals surface area contributed by atoms with Crippen LogP contribution in [0.1, 0.15) is 35.4 Å². The van der Waals surface area contributed by atoms with Gasteiger partial charge in [0.2, 0.25) is 0 Å². The number of carboxylic acid groups (broad SMARTS) is 1. The summed E-state index contributed by atoms with van der Waals surface area (Å²) in [4.78, 5) is 19.3. The molecule has 1 N–H and O–H groups in total. The number of halogens is 3. The molecule has 0 radical (unpaired) electrons. The topological polar surface area (TPSA) is 63.1 Å². The van der Waals surface area contributed by atoms with Crippen molar-refractivity contribution in [3.05, 3.63) is 58.1 Å². The molecule has 0 fully saturated rings. The Bertz CT molecular complexity index is 958. The Morgan fingerprint density at radius 1 is 1.24 bits per heavy atom. The van der Waals surface area contributed by atoms with E-state index in [-0.39, 0.29) is 16.6 Å². The van der Waals surface area contributed by atoms with E-state index in [0.717, 1.165) is 11.3 Å². The van der Waals surface area contributed by atoms with Crippen LogP contribution in [0, 0.1) is 17.5 Å². The molecular formula is C17H13F3N2O2S. The maximum atomic E-state index is 13.8. The number of thiazole rings is 1. The molecule has 0 aliphatic rings. The van der Waals surface area contributed by atoms with Gasteiger partial charge in [0.15, 0.2) is 11.6 Å². The van der Waals surface area contributed by atoms with E-state index in [1.54, 1.807) is 13.0 Å². The highest BCUT2D eigenvalue weighted by atomic mass is 32.1. The van der Waals surface area contributed by atoms with Crippen molar-refractivity contribution < 1.29 is 23.1 Å². The first-order chi connectivity index (χ1) is 11.9. The molecule has 3 rings (SSSR count). The van der Waals surface area contributed by atoms with Gasteiger partial charge in [0.05, 0.1) is 15.6 Å². The summed E-state index contributed by atoms with van der Waals surface area (Å²) >= 11 is 0.931. The van der Waals surface area contributed by atoms with E-state index in [0.29, 0.717) is 28.6 Å². The number of hydrogen-bond acceptors (Lipinski definition) is 4. The molecule has 0 saturated carbocycles. The lowest BCUT2D eigenvalue weighted by atomic mass is 9.97. The van der Waals surface area contributed by atoms with Crippen LogP contribution in [-0.4, -0.2) is 21.0 Å². The van der Waals surface area contributed by atoms with E-state index in [2.05, 4.69) is 9.97 Å². The Hall–Kier alpha value is -2.48. The van der Waals surface area contributed by atoms with E-state index in [4.69, 9.17) is 0 Å². The monoisotopic (exact) mass is 366 g/mol. The van der Waals surface area contributed by atoms with Crippen molar-refractivity contribution in [2.24, 2.45) is 0 Å². The Morgan fingerprint density at radius 3 is 2.68 bits per heavy atom. The fourth-order valence-corrected chi connectivity index (χ4v) is 3.63. The smallest absolute Gasteiger partial charge is 0.311 e. The molecule has 0 aliphatic heterocycles. The number of aromatic nitrogens is 2. The molecule has 0 saturated heterocycles. The quantitative estimate of drug-likeness (QED) is 0.685. The van der Waals surface area contributed by atoms with Crippen LogP contribution in [0.5, 0.6) is 0 Å². The first kappa shape index (κ1) is 17.3. The number of pyridine rings is 1. The molecule has 0 aliphatic carbocycles. The summed E-state index contributed by atoms with van der Waals surface area (Å²) in [5.41, 5.74) is 0.883. The number of carboxylic acids is 1. The van der Waals surface area contributed by atoms with Gasteiger partial charge in [-0.2, -0.15) is 0 Å². The van der Waals surface area contributed by atoms with Crippen LogP contribution in [0.15, 0.2) is 24.5 Å². The minimum Gasteiger partial charge on any atom is -0.481 e. The van der Waals surface area contributed by atoms with Gasteiger partial charge in [-0.15, -0.1) is 11.3 Å². The second-order valence-corrected chi connectivity index (χ2v) is 6.63. The third-order valence-electron chi connectivity index (χ3n) is 3.84. The number of nitrogens with zero attached hydrogens (tertiary/aromatic N) is 2. The van der Waals surface area contributed by atoms with Crippen LogP contribution >= 0.6 is 11.3 Å². The largest absolute Gasteiger partial charge is 0.481 e. The predicted molar refractivity (Wildman–Crippen MR) is 87.2 cm³/mol. The summed E-state index contributed by atoms with van der Waals surface area (Å²) in [5.74, 6) is -4.94. The van der Waals surface area contributed by atoms with Gasteiger partial charge in [-0.1, -0.05) is 13.0 Å². The van der Waals surface area contributed by atoms with Gasteiger partial charge in [-0.3, -0.25) is 9.78 Å². The van der Waals surface area contributed by atoms with E-state index in [1.165, 1.54) is 12.4 Å². The number of carbonyl (C=O) groups is 1. The summed E-state index contributed by atoms with van der Waals surface area (Å²) in [6, 6.07) is 2.19. The lowest BCUT2D eigenvalue weighted by molar-refractivity contribution is -0.138. The first-order valence-corrected chi connectivity index (χ1v) is 8.31. The lowest BCUT2D eigenvalue weighted by Gasteiger charge is -2.10. The van der Waals surface area contributed by atoms with Crippen LogP contribution in [0.2, 0.25) is 0 Å². The van der Waals surface area contributed by atoms with Crippen molar-refractivity contribution in [2.45, 2.75) is 25.7 Å². The number of fused-ring (bicyclic) bond motifs is 1. The van der Waals surface area contributed by atoms with Gasteiger partial charge >= 0.3 is 5.97 Å². The third kappa shape index (κ3) is 3.34. The average molecular weight is 366 g/mol. The summed E-state index contributed by atoms with van der Waals surface area (Å²) in [6.45, 7) is 1.76. The van der Waals surface area contributed by atoms with Crippen LogP contribution in [0.25, 0.3) is 10.2 Å². The number of rotatable bonds is 5. The van der Waals surface area contributed by atoms with Crippen LogP contribution < -0.4 is 0 Å². The zero-order valence-electron chi connectivity index (χ0n) is 13.1. The summed E-state index contributed by atoms with van der Waals surface area (Å²) in [7, 11) is 0. The van der Waals surface area contributed by atoms with Crippen LogP contribution in [0.3, 0.4) is 0 Å². The predicted octanol–water partition coefficient (Wildman–Crippen LogP) is 4.28. The second kappa shape index (κ2) is 6.79. The minimum absolute atomic E-state index is 0.0463. The first-order valence-electron chi connectivity index (χ1n) is 7.50. The number of hydrogen-bond donors (Lipinski definition) is 1. The second-order valence-electron chi connectivity index (χ2n) is 5.54. The standard InChI is InChI=1S/C17H13F3N2O2S/c1-2-10(17(23)24)9-3-8(6-21-7-9)4-13-22-15-14(20)11(18)5-12(19)16(15)25-13/h3,5-7,10H,2,4H2,1H3,(H,23,24). The number of benzene rings is 1. The Balaban J connectivity index is 1.95. The Labute approximate surface area is 145 Å². The SMILES string of the molecule is CCC(C(=O)O)c1cncc(Cc2nc3c(F)c(F)cc(F)c3s2)c1. The third-order valence-corrected chi connectivity index (χ3v) is 4.90. The average Bonchev–Trinajstić information content (AvgIpc) is 2.98. The normalized spacial score (nSPS) is 12.5. The molecular weight excluding hydrogens is 353 g/mol. The van der Waals surface area contributed by atoms with E-state index >= 15 is 0 Å². The van der Waals surface area contributed by atoms with Crippen molar-refractivity contribution in [1.82, 2.24) is 9.97 Å². The van der Waals surface area contributed by atoms with E-state index < -0.39 is 29.3 Å². The van der Waals surface area contributed by atoms with E-state index in [9.17, 15) is 23.1 Å². The molecule has 2 aromatic heterocycles. The van der Waals surface area contributed by atoms with Crippen LogP contribution in [-0.2, 0) is 11.2 Å². The Kier molecular flexibility index (Phi) is 4.71. The lowest BCUT2D eigenvalue weighted by Crippen LogP contribution is -2.11. The maximum absolute atomic E-state index is 13.8. The molecule has 2 heterocycles. The molecule has 3 aromatic rings. The van der Waals surface area contributed by atoms with Gasteiger partial charge in [0, 0.05) is 24.9 Å². The summed E-state index contributed by atoms with van der Waals surface area (Å²) in [6.07, 6.45) is 3.66. The molecule has 0 amide bonds. The van der Waals surface area contributed by atoms with Gasteiger partial charge in [-0.25, -0.2) is 18.2 Å². The van der Waals surface area contributed by atoms with Gasteiger partial charge < -0.3 is 5.11 Å². The van der Waals surface area contributed by atoms with Crippen molar-refractivity contribution in [3.8, 4) is 0 Å². The van der Waals surface area contributed by atoms with Crippen molar-refractivity contribution in [1.29, 1.82) is 0 Å². The highest BCUT2D eigenvalue weighted by molar-refractivity contribution is 7.18. The van der Waals surface area contributed by atoms with Gasteiger partial charge in [0.1, 0.15) is 11.3 Å². The molecule has 130 valence electrons. The minimum atomic E-state index is -1.28. The zero-order chi connectivity index (χ0) is 18.1. The van der Waals surface area contributed by atoms with Crippen molar-refractivity contribution in [2.75, 3.05) is 0 Å². The van der Waals surface area contributed by atoms with Crippen molar-refractivity contribution in [3.63, 3.8) is 0 Å². The molecule has 1 atom stereocenters. The molecule has 8 heteroatoms. The summed E-state index contributed by atoms with van der Waals surface area (Å²) in [5, 5.41) is 9.62. The summed E-state index contributed by atoms with van der Waals surface area (Å²) < 4.78 is 40.8. The highest BCUT2D eigenvalue weighted by Crippen LogP contribution is 2.30. The molecule has 4 nitrogen and oxygen atoms in total. The molecule has 0 bridgehead atoms. The number of aliphatic carboxylic acids is 1. The zero-order valence-corrected chi connectivity index (χ0v) is 13.9. The fraction of sp³-hybridized carbons (Fsp3) is 0.235. The van der Waals surface area contributed by atoms with E-state index in [1.807, 2.05) is 0 Å². The fourth-order valence-electron chi connectivity index (χ4n) is 2.63. The van der Waals surface area contributed by atoms with Gasteiger partial charge in [-0.05, 0) is 17.5 Å². The molecule has 25 heavy (non-hydrogen) atoms. The Morgan fingerprint density at radius 2 is 2.00 bits per heavy atom.